The summed E-state index contributed by atoms with van der Waals surface area (Å²) >= 11 is 0. The van der Waals surface area contributed by atoms with E-state index in [9.17, 15) is 9.90 Å². The van der Waals surface area contributed by atoms with E-state index < -0.39 is 5.60 Å². The third-order valence-electron chi connectivity index (χ3n) is 3.69. The minimum absolute atomic E-state index is 0.155. The Morgan fingerprint density at radius 3 is 2.83 bits per heavy atom. The van der Waals surface area contributed by atoms with Gasteiger partial charge < -0.3 is 19.2 Å². The van der Waals surface area contributed by atoms with Crippen molar-refractivity contribution in [2.24, 2.45) is 0 Å². The van der Waals surface area contributed by atoms with Gasteiger partial charge in [0.2, 0.25) is 0 Å². The van der Waals surface area contributed by atoms with Crippen LogP contribution in [0.2, 0.25) is 0 Å². The molecule has 0 radical (unpaired) electrons. The first-order valence-corrected chi connectivity index (χ1v) is 7.55. The van der Waals surface area contributed by atoms with Gasteiger partial charge in [0, 0.05) is 17.7 Å². The van der Waals surface area contributed by atoms with Gasteiger partial charge in [-0.15, -0.1) is 0 Å². The van der Waals surface area contributed by atoms with E-state index in [2.05, 4.69) is 4.98 Å². The van der Waals surface area contributed by atoms with E-state index in [0.29, 0.717) is 25.3 Å². The number of hydrogen-bond acceptors (Lipinski definition) is 5. The standard InChI is InChI=1S/C17H20N2O4/c1-17(2,3)23-16(21)19-5-4-11-6-12(15-8-18-10-22-15)7-14(20)13(11)9-19/h6-8,10,20H,4-5,9H2,1-3H3. The third kappa shape index (κ3) is 3.31. The molecule has 0 unspecified atom stereocenters. The third-order valence-corrected chi connectivity index (χ3v) is 3.69. The first-order chi connectivity index (χ1) is 10.8. The second-order valence-electron chi connectivity index (χ2n) is 6.65. The van der Waals surface area contributed by atoms with Gasteiger partial charge in [-0.25, -0.2) is 9.78 Å². The molecule has 0 spiro atoms. The fourth-order valence-electron chi connectivity index (χ4n) is 2.63. The van der Waals surface area contributed by atoms with Crippen LogP contribution in [0.1, 0.15) is 31.9 Å². The molecular formula is C17H20N2O4. The van der Waals surface area contributed by atoms with Gasteiger partial charge in [-0.2, -0.15) is 0 Å². The lowest BCUT2D eigenvalue weighted by Crippen LogP contribution is -2.39. The van der Waals surface area contributed by atoms with E-state index in [0.717, 1.165) is 16.7 Å². The number of rotatable bonds is 1. The fourth-order valence-corrected chi connectivity index (χ4v) is 2.63. The zero-order chi connectivity index (χ0) is 16.6. The van der Waals surface area contributed by atoms with E-state index >= 15 is 0 Å². The number of phenolic OH excluding ortho intramolecular Hbond substituents is 1. The predicted molar refractivity (Wildman–Crippen MR) is 84.0 cm³/mol. The molecule has 0 atom stereocenters. The summed E-state index contributed by atoms with van der Waals surface area (Å²) in [4.78, 5) is 17.7. The van der Waals surface area contributed by atoms with Crippen LogP contribution in [0.3, 0.4) is 0 Å². The maximum absolute atomic E-state index is 12.2. The van der Waals surface area contributed by atoms with Crippen LogP contribution in [-0.2, 0) is 17.7 Å². The van der Waals surface area contributed by atoms with Crippen LogP contribution in [-0.4, -0.2) is 33.2 Å². The van der Waals surface area contributed by atoms with Crippen molar-refractivity contribution in [3.63, 3.8) is 0 Å². The number of fused-ring (bicyclic) bond motifs is 1. The fraction of sp³-hybridized carbons (Fsp3) is 0.412. The largest absolute Gasteiger partial charge is 0.508 e. The molecule has 1 N–H and O–H groups in total. The Balaban J connectivity index is 1.83. The summed E-state index contributed by atoms with van der Waals surface area (Å²) in [6.07, 6.45) is 3.26. The topological polar surface area (TPSA) is 75.8 Å². The van der Waals surface area contributed by atoms with Crippen LogP contribution in [0.15, 0.2) is 29.1 Å². The quantitative estimate of drug-likeness (QED) is 0.873. The molecule has 2 aromatic rings. The molecule has 6 nitrogen and oxygen atoms in total. The van der Waals surface area contributed by atoms with Crippen LogP contribution in [0.4, 0.5) is 4.79 Å². The Morgan fingerprint density at radius 1 is 1.39 bits per heavy atom. The molecule has 1 aromatic carbocycles. The highest BCUT2D eigenvalue weighted by atomic mass is 16.6. The number of benzene rings is 1. The molecular weight excluding hydrogens is 296 g/mol. The number of amides is 1. The summed E-state index contributed by atoms with van der Waals surface area (Å²) in [5, 5.41) is 10.3. The molecule has 0 saturated carbocycles. The smallest absolute Gasteiger partial charge is 0.410 e. The maximum Gasteiger partial charge on any atom is 0.410 e. The average Bonchev–Trinajstić information content (AvgIpc) is 2.99. The first-order valence-electron chi connectivity index (χ1n) is 7.55. The molecule has 23 heavy (non-hydrogen) atoms. The zero-order valence-electron chi connectivity index (χ0n) is 13.5. The monoisotopic (exact) mass is 316 g/mol. The minimum atomic E-state index is -0.532. The van der Waals surface area contributed by atoms with E-state index in [-0.39, 0.29) is 11.8 Å². The van der Waals surface area contributed by atoms with E-state index in [4.69, 9.17) is 9.15 Å². The lowest BCUT2D eigenvalue weighted by atomic mass is 9.95. The summed E-state index contributed by atoms with van der Waals surface area (Å²) < 4.78 is 10.7. The van der Waals surface area contributed by atoms with Gasteiger partial charge in [-0.3, -0.25) is 0 Å². The van der Waals surface area contributed by atoms with Crippen LogP contribution >= 0.6 is 0 Å². The molecule has 0 fully saturated rings. The Labute approximate surface area is 134 Å². The molecule has 122 valence electrons. The normalized spacial score (nSPS) is 14.5. The number of hydrogen-bond donors (Lipinski definition) is 1. The van der Waals surface area contributed by atoms with Crippen molar-refractivity contribution in [1.29, 1.82) is 0 Å². The van der Waals surface area contributed by atoms with Gasteiger partial charge in [-0.1, -0.05) is 0 Å². The lowest BCUT2D eigenvalue weighted by molar-refractivity contribution is 0.0223. The number of carbonyl (C=O) groups excluding carboxylic acids is 1. The Bertz CT molecular complexity index is 717. The van der Waals surface area contributed by atoms with Crippen molar-refractivity contribution >= 4 is 6.09 Å². The maximum atomic E-state index is 12.2. The highest BCUT2D eigenvalue weighted by molar-refractivity contribution is 5.70. The number of phenols is 1. The van der Waals surface area contributed by atoms with Gasteiger partial charge in [0.15, 0.2) is 12.2 Å². The summed E-state index contributed by atoms with van der Waals surface area (Å²) in [6.45, 7) is 6.41. The van der Waals surface area contributed by atoms with Crippen molar-refractivity contribution in [1.82, 2.24) is 9.88 Å². The number of ether oxygens (including phenoxy) is 1. The molecule has 3 rings (SSSR count). The second kappa shape index (κ2) is 5.61. The second-order valence-corrected chi connectivity index (χ2v) is 6.65. The lowest BCUT2D eigenvalue weighted by Gasteiger charge is -2.31. The molecule has 6 heteroatoms. The van der Waals surface area contributed by atoms with E-state index in [1.54, 1.807) is 17.2 Å². The van der Waals surface area contributed by atoms with Crippen LogP contribution < -0.4 is 0 Å². The highest BCUT2D eigenvalue weighted by Crippen LogP contribution is 2.33. The van der Waals surface area contributed by atoms with Crippen LogP contribution in [0.5, 0.6) is 5.75 Å². The molecule has 0 aliphatic carbocycles. The van der Waals surface area contributed by atoms with Crippen molar-refractivity contribution in [2.45, 2.75) is 39.3 Å². The number of aromatic hydroxyl groups is 1. The Kier molecular flexibility index (Phi) is 3.75. The first kappa shape index (κ1) is 15.4. The van der Waals surface area contributed by atoms with Gasteiger partial charge in [0.05, 0.1) is 12.7 Å². The van der Waals surface area contributed by atoms with Gasteiger partial charge in [0.1, 0.15) is 11.4 Å². The molecule has 1 aromatic heterocycles. The highest BCUT2D eigenvalue weighted by Gasteiger charge is 2.27. The van der Waals surface area contributed by atoms with E-state index in [1.807, 2.05) is 26.8 Å². The summed E-state index contributed by atoms with van der Waals surface area (Å²) in [5.41, 5.74) is 2.02. The molecule has 0 saturated heterocycles. The number of carbonyl (C=O) groups is 1. The predicted octanol–water partition coefficient (Wildman–Crippen LogP) is 3.34. The van der Waals surface area contributed by atoms with Gasteiger partial charge >= 0.3 is 6.09 Å². The number of nitrogens with zero attached hydrogens (tertiary/aromatic N) is 2. The zero-order valence-corrected chi connectivity index (χ0v) is 13.5. The molecule has 1 amide bonds. The summed E-state index contributed by atoms with van der Waals surface area (Å²) in [5.74, 6) is 0.764. The molecule has 1 aliphatic rings. The van der Waals surface area contributed by atoms with Crippen molar-refractivity contribution < 1.29 is 19.1 Å². The summed E-state index contributed by atoms with van der Waals surface area (Å²) in [6, 6.07) is 3.61. The molecule has 0 bridgehead atoms. The molecule has 1 aliphatic heterocycles. The van der Waals surface area contributed by atoms with Crippen molar-refractivity contribution in [3.05, 3.63) is 35.9 Å². The minimum Gasteiger partial charge on any atom is -0.508 e. The van der Waals surface area contributed by atoms with Crippen LogP contribution in [0.25, 0.3) is 11.3 Å². The number of aromatic nitrogens is 1. The Hall–Kier alpha value is -2.50. The number of oxazole rings is 1. The van der Waals surface area contributed by atoms with Crippen molar-refractivity contribution in [3.8, 4) is 17.1 Å². The van der Waals surface area contributed by atoms with Gasteiger partial charge in [0.25, 0.3) is 0 Å². The van der Waals surface area contributed by atoms with E-state index in [1.165, 1.54) is 6.39 Å². The SMILES string of the molecule is CC(C)(C)OC(=O)N1CCc2cc(-c3cnco3)cc(O)c2C1. The summed E-state index contributed by atoms with van der Waals surface area (Å²) in [7, 11) is 0. The average molecular weight is 316 g/mol. The van der Waals surface area contributed by atoms with Gasteiger partial charge in [-0.05, 0) is 44.9 Å². The Morgan fingerprint density at radius 2 is 2.17 bits per heavy atom. The van der Waals surface area contributed by atoms with Crippen LogP contribution in [0, 0.1) is 0 Å². The molecule has 2 heterocycles. The van der Waals surface area contributed by atoms with Crippen molar-refractivity contribution in [2.75, 3.05) is 6.54 Å².